The Balaban J connectivity index is 0.00000200. The van der Waals surface area contributed by atoms with Crippen LogP contribution >= 0.6 is 0 Å². The molecule has 0 aliphatic rings. The lowest BCUT2D eigenvalue weighted by Gasteiger charge is -2.08. The second kappa shape index (κ2) is 6.41. The fourth-order valence-corrected chi connectivity index (χ4v) is 1.83. The van der Waals surface area contributed by atoms with E-state index in [-0.39, 0.29) is 1.43 Å². The lowest BCUT2D eigenvalue weighted by molar-refractivity contribution is 1.48. The van der Waals surface area contributed by atoms with Crippen LogP contribution in [0.4, 0.5) is 5.69 Å². The molecule has 96 valence electrons. The molecule has 0 amide bonds. The number of benzene rings is 2. The fraction of sp³-hybridized carbons (Fsp3) is 0. The molecule has 0 fully saturated rings. The molecule has 0 unspecified atom stereocenters. The summed E-state index contributed by atoms with van der Waals surface area (Å²) in [5.41, 5.74) is 4.40. The van der Waals surface area contributed by atoms with E-state index in [1.54, 1.807) is 12.2 Å². The van der Waals surface area contributed by atoms with E-state index in [9.17, 15) is 0 Å². The summed E-state index contributed by atoms with van der Waals surface area (Å²) >= 11 is 0. The van der Waals surface area contributed by atoms with Gasteiger partial charge in [0.05, 0.1) is 0 Å². The van der Waals surface area contributed by atoms with Crippen molar-refractivity contribution in [2.24, 2.45) is 0 Å². The minimum Gasteiger partial charge on any atom is -0.356 e. The van der Waals surface area contributed by atoms with Gasteiger partial charge in [0.25, 0.3) is 0 Å². The summed E-state index contributed by atoms with van der Waals surface area (Å²) in [7, 11) is 0. The third-order valence-electron chi connectivity index (χ3n) is 2.80. The topological polar surface area (TPSA) is 12.0 Å². The van der Waals surface area contributed by atoms with E-state index in [1.807, 2.05) is 24.3 Å². The Bertz CT molecular complexity index is 583. The van der Waals surface area contributed by atoms with E-state index in [2.05, 4.69) is 54.9 Å². The standard InChI is InChI=1S/C18H17N.H2/c1-3-8-17(4-2)19-18-13-11-16(12-14-18)15-9-6-5-7-10-15;/h3-14,19H,1-2H2;1H/b17-8+;. The highest BCUT2D eigenvalue weighted by atomic mass is 14.9. The zero-order chi connectivity index (χ0) is 13.5. The maximum atomic E-state index is 3.76. The van der Waals surface area contributed by atoms with E-state index < -0.39 is 0 Å². The summed E-state index contributed by atoms with van der Waals surface area (Å²) in [6, 6.07) is 18.7. The van der Waals surface area contributed by atoms with Gasteiger partial charge in [0, 0.05) is 12.8 Å². The normalized spacial score (nSPS) is 10.8. The summed E-state index contributed by atoms with van der Waals surface area (Å²) in [5.74, 6) is 0. The van der Waals surface area contributed by atoms with Crippen LogP contribution in [0.3, 0.4) is 0 Å². The molecule has 19 heavy (non-hydrogen) atoms. The molecule has 0 saturated carbocycles. The smallest absolute Gasteiger partial charge is 0.0384 e. The average molecular weight is 249 g/mol. The number of allylic oxidation sites excluding steroid dienone is 3. The monoisotopic (exact) mass is 249 g/mol. The molecule has 0 aliphatic heterocycles. The van der Waals surface area contributed by atoms with Crippen molar-refractivity contribution in [2.75, 3.05) is 5.32 Å². The number of rotatable bonds is 5. The van der Waals surface area contributed by atoms with Crippen molar-refractivity contribution in [3.63, 3.8) is 0 Å². The van der Waals surface area contributed by atoms with Crippen LogP contribution < -0.4 is 5.32 Å². The third-order valence-corrected chi connectivity index (χ3v) is 2.80. The molecule has 1 N–H and O–H groups in total. The highest BCUT2D eigenvalue weighted by molar-refractivity contribution is 5.66. The number of hydrogen-bond acceptors (Lipinski definition) is 1. The summed E-state index contributed by atoms with van der Waals surface area (Å²) in [5, 5.41) is 3.28. The molecule has 2 aromatic carbocycles. The van der Waals surface area contributed by atoms with E-state index in [4.69, 9.17) is 0 Å². The maximum Gasteiger partial charge on any atom is 0.0384 e. The van der Waals surface area contributed by atoms with Gasteiger partial charge in [0.15, 0.2) is 0 Å². The Morgan fingerprint density at radius 2 is 1.53 bits per heavy atom. The highest BCUT2D eigenvalue weighted by Crippen LogP contribution is 2.21. The molecule has 1 heteroatoms. The van der Waals surface area contributed by atoms with Crippen molar-refractivity contribution in [3.05, 3.63) is 91.7 Å². The summed E-state index contributed by atoms with van der Waals surface area (Å²) in [6.07, 6.45) is 5.40. The first-order valence-electron chi connectivity index (χ1n) is 6.21. The van der Waals surface area contributed by atoms with Gasteiger partial charge in [0.1, 0.15) is 0 Å². The lowest BCUT2D eigenvalue weighted by atomic mass is 10.1. The number of anilines is 1. The first-order valence-corrected chi connectivity index (χ1v) is 6.21. The molecule has 0 saturated heterocycles. The molecule has 2 rings (SSSR count). The van der Waals surface area contributed by atoms with Crippen LogP contribution in [0.15, 0.2) is 91.7 Å². The maximum absolute atomic E-state index is 3.76. The Hall–Kier alpha value is -2.54. The van der Waals surface area contributed by atoms with Crippen molar-refractivity contribution >= 4 is 5.69 Å². The van der Waals surface area contributed by atoms with Crippen LogP contribution in [-0.4, -0.2) is 0 Å². The molecule has 0 atom stereocenters. The van der Waals surface area contributed by atoms with Crippen LogP contribution in [0.25, 0.3) is 11.1 Å². The number of nitrogens with one attached hydrogen (secondary N) is 1. The average Bonchev–Trinajstić information content (AvgIpc) is 2.48. The fourth-order valence-electron chi connectivity index (χ4n) is 1.83. The summed E-state index contributed by atoms with van der Waals surface area (Å²) < 4.78 is 0. The zero-order valence-electron chi connectivity index (χ0n) is 10.8. The molecule has 0 aromatic heterocycles. The number of hydrogen-bond donors (Lipinski definition) is 1. The predicted molar refractivity (Wildman–Crippen MR) is 86.1 cm³/mol. The van der Waals surface area contributed by atoms with E-state index in [1.165, 1.54) is 11.1 Å². The van der Waals surface area contributed by atoms with Gasteiger partial charge >= 0.3 is 0 Å². The predicted octanol–water partition coefficient (Wildman–Crippen LogP) is 5.27. The third kappa shape index (κ3) is 3.46. The second-order valence-corrected chi connectivity index (χ2v) is 4.13. The molecule has 0 spiro atoms. The minimum absolute atomic E-state index is 0. The van der Waals surface area contributed by atoms with Gasteiger partial charge in [-0.25, -0.2) is 0 Å². The van der Waals surface area contributed by atoms with Crippen LogP contribution in [0.1, 0.15) is 1.43 Å². The molecule has 0 heterocycles. The Kier molecular flexibility index (Phi) is 4.35. The van der Waals surface area contributed by atoms with E-state index >= 15 is 0 Å². The SMILES string of the molecule is C=C/C=C(\C=C)Nc1ccc(-c2ccccc2)cc1.[HH]. The lowest BCUT2D eigenvalue weighted by Crippen LogP contribution is -1.95. The van der Waals surface area contributed by atoms with Crippen molar-refractivity contribution in [1.29, 1.82) is 0 Å². The molecule has 1 nitrogen and oxygen atoms in total. The molecular weight excluding hydrogens is 230 g/mol. The second-order valence-electron chi connectivity index (χ2n) is 4.13. The Morgan fingerprint density at radius 3 is 2.11 bits per heavy atom. The quantitative estimate of drug-likeness (QED) is 0.712. The van der Waals surface area contributed by atoms with Gasteiger partial charge in [-0.3, -0.25) is 0 Å². The highest BCUT2D eigenvalue weighted by Gasteiger charge is 1.97. The summed E-state index contributed by atoms with van der Waals surface area (Å²) in [6.45, 7) is 7.44. The molecule has 0 radical (unpaired) electrons. The van der Waals surface area contributed by atoms with Crippen molar-refractivity contribution in [3.8, 4) is 11.1 Å². The van der Waals surface area contributed by atoms with Crippen molar-refractivity contribution in [1.82, 2.24) is 0 Å². The first kappa shape index (κ1) is 12.9. The first-order chi connectivity index (χ1) is 9.33. The van der Waals surface area contributed by atoms with Gasteiger partial charge < -0.3 is 5.32 Å². The molecule has 2 aromatic rings. The molecule has 0 bridgehead atoms. The van der Waals surface area contributed by atoms with Crippen molar-refractivity contribution < 1.29 is 1.43 Å². The van der Waals surface area contributed by atoms with Crippen LogP contribution in [-0.2, 0) is 0 Å². The summed E-state index contributed by atoms with van der Waals surface area (Å²) in [4.78, 5) is 0. The Morgan fingerprint density at radius 1 is 0.895 bits per heavy atom. The van der Waals surface area contributed by atoms with Crippen molar-refractivity contribution in [2.45, 2.75) is 0 Å². The molecular formula is C18H19N. The van der Waals surface area contributed by atoms with Gasteiger partial charge in [0.2, 0.25) is 0 Å². The van der Waals surface area contributed by atoms with Crippen LogP contribution in [0, 0.1) is 0 Å². The molecule has 0 aliphatic carbocycles. The minimum atomic E-state index is 0. The van der Waals surface area contributed by atoms with Gasteiger partial charge in [-0.2, -0.15) is 0 Å². The van der Waals surface area contributed by atoms with Gasteiger partial charge in [-0.15, -0.1) is 0 Å². The largest absolute Gasteiger partial charge is 0.356 e. The van der Waals surface area contributed by atoms with Gasteiger partial charge in [-0.1, -0.05) is 61.7 Å². The van der Waals surface area contributed by atoms with E-state index in [0.717, 1.165) is 11.4 Å². The van der Waals surface area contributed by atoms with E-state index in [0.29, 0.717) is 0 Å². The van der Waals surface area contributed by atoms with Crippen LogP contribution in [0.5, 0.6) is 0 Å². The zero-order valence-corrected chi connectivity index (χ0v) is 10.8. The van der Waals surface area contributed by atoms with Gasteiger partial charge in [-0.05, 0) is 35.4 Å². The Labute approximate surface area is 116 Å². The van der Waals surface area contributed by atoms with Crippen LogP contribution in [0.2, 0.25) is 0 Å².